The molecule has 0 saturated carbocycles. The van der Waals surface area contributed by atoms with E-state index in [2.05, 4.69) is 4.98 Å². The third-order valence-electron chi connectivity index (χ3n) is 2.64. The summed E-state index contributed by atoms with van der Waals surface area (Å²) in [5.74, 6) is 0. The van der Waals surface area contributed by atoms with Gasteiger partial charge < -0.3 is 5.11 Å². The maximum Gasteiger partial charge on any atom is 0.107 e. The Kier molecular flexibility index (Phi) is 1.46. The van der Waals surface area contributed by atoms with E-state index in [9.17, 15) is 5.11 Å². The van der Waals surface area contributed by atoms with E-state index in [1.54, 1.807) is 6.20 Å². The summed E-state index contributed by atoms with van der Waals surface area (Å²) < 4.78 is 0. The molecule has 1 heterocycles. The first-order valence-electron chi connectivity index (χ1n) is 4.60. The molecule has 1 aromatic heterocycles. The van der Waals surface area contributed by atoms with Crippen molar-refractivity contribution in [3.05, 3.63) is 53.7 Å². The highest BCUT2D eigenvalue weighted by Crippen LogP contribution is 2.41. The van der Waals surface area contributed by atoms with Gasteiger partial charge in [0.1, 0.15) is 6.10 Å². The standard InChI is InChI=1S/C12H9NO/c14-12-9-5-2-1-4-8(9)11-10(12)6-3-7-13-11/h1-7,12,14H/t12-/m0/s1. The highest BCUT2D eigenvalue weighted by atomic mass is 16.3. The lowest BCUT2D eigenvalue weighted by atomic mass is 10.1. The van der Waals surface area contributed by atoms with E-state index in [1.807, 2.05) is 36.4 Å². The number of hydrogen-bond donors (Lipinski definition) is 1. The fraction of sp³-hybridized carbons (Fsp3) is 0.0833. The summed E-state index contributed by atoms with van der Waals surface area (Å²) in [6, 6.07) is 11.6. The minimum atomic E-state index is -0.505. The van der Waals surface area contributed by atoms with Crippen molar-refractivity contribution in [3.63, 3.8) is 0 Å². The van der Waals surface area contributed by atoms with Crippen LogP contribution in [0.3, 0.4) is 0 Å². The van der Waals surface area contributed by atoms with Gasteiger partial charge in [0, 0.05) is 17.3 Å². The third-order valence-corrected chi connectivity index (χ3v) is 2.64. The molecule has 0 amide bonds. The lowest BCUT2D eigenvalue weighted by Gasteiger charge is -2.03. The maximum atomic E-state index is 9.99. The van der Waals surface area contributed by atoms with E-state index < -0.39 is 6.10 Å². The van der Waals surface area contributed by atoms with Crippen LogP contribution in [0.1, 0.15) is 17.2 Å². The summed E-state index contributed by atoms with van der Waals surface area (Å²) in [5.41, 5.74) is 3.83. The molecule has 3 rings (SSSR count). The Bertz CT molecular complexity index is 448. The van der Waals surface area contributed by atoms with Gasteiger partial charge in [-0.2, -0.15) is 0 Å². The molecule has 2 heteroatoms. The zero-order valence-corrected chi connectivity index (χ0v) is 7.51. The van der Waals surface area contributed by atoms with E-state index in [0.29, 0.717) is 0 Å². The summed E-state index contributed by atoms with van der Waals surface area (Å²) >= 11 is 0. The number of rotatable bonds is 0. The van der Waals surface area contributed by atoms with Crippen LogP contribution in [0.4, 0.5) is 0 Å². The van der Waals surface area contributed by atoms with E-state index in [4.69, 9.17) is 0 Å². The molecule has 2 aromatic rings. The third kappa shape index (κ3) is 0.860. The van der Waals surface area contributed by atoms with Crippen molar-refractivity contribution in [1.82, 2.24) is 4.98 Å². The van der Waals surface area contributed by atoms with Crippen LogP contribution >= 0.6 is 0 Å². The second-order valence-corrected chi connectivity index (χ2v) is 3.43. The van der Waals surface area contributed by atoms with Gasteiger partial charge in [-0.15, -0.1) is 0 Å². The molecule has 14 heavy (non-hydrogen) atoms. The number of pyridine rings is 1. The molecule has 0 radical (unpaired) electrons. The Balaban J connectivity index is 2.36. The molecule has 1 atom stereocenters. The second-order valence-electron chi connectivity index (χ2n) is 3.43. The van der Waals surface area contributed by atoms with Gasteiger partial charge in [-0.05, 0) is 11.6 Å². The van der Waals surface area contributed by atoms with Crippen molar-refractivity contribution in [2.75, 3.05) is 0 Å². The average Bonchev–Trinajstić information content (AvgIpc) is 2.55. The zero-order valence-electron chi connectivity index (χ0n) is 7.51. The van der Waals surface area contributed by atoms with Gasteiger partial charge in [0.15, 0.2) is 0 Å². The maximum absolute atomic E-state index is 9.99. The Hall–Kier alpha value is -1.67. The molecule has 1 N–H and O–H groups in total. The van der Waals surface area contributed by atoms with Gasteiger partial charge in [0.2, 0.25) is 0 Å². The molecular weight excluding hydrogens is 174 g/mol. The molecule has 0 fully saturated rings. The highest BCUT2D eigenvalue weighted by Gasteiger charge is 2.26. The lowest BCUT2D eigenvalue weighted by molar-refractivity contribution is 0.225. The van der Waals surface area contributed by atoms with Gasteiger partial charge in [-0.3, -0.25) is 4.98 Å². The predicted molar refractivity (Wildman–Crippen MR) is 53.7 cm³/mol. The number of hydrogen-bond acceptors (Lipinski definition) is 2. The molecule has 0 spiro atoms. The molecule has 1 aliphatic rings. The van der Waals surface area contributed by atoms with Crippen LogP contribution < -0.4 is 0 Å². The predicted octanol–water partition coefficient (Wildman–Crippen LogP) is 2.14. The number of nitrogens with zero attached hydrogens (tertiary/aromatic N) is 1. The normalized spacial score (nSPS) is 17.6. The molecular formula is C12H9NO. The number of aliphatic hydroxyl groups is 1. The number of aromatic nitrogens is 1. The van der Waals surface area contributed by atoms with Crippen molar-refractivity contribution in [2.45, 2.75) is 6.10 Å². The first-order valence-corrected chi connectivity index (χ1v) is 4.60. The molecule has 0 saturated heterocycles. The zero-order chi connectivity index (χ0) is 9.54. The van der Waals surface area contributed by atoms with Crippen molar-refractivity contribution >= 4 is 0 Å². The first-order chi connectivity index (χ1) is 6.88. The summed E-state index contributed by atoms with van der Waals surface area (Å²) in [6.45, 7) is 0. The van der Waals surface area contributed by atoms with E-state index in [-0.39, 0.29) is 0 Å². The lowest BCUT2D eigenvalue weighted by Crippen LogP contribution is -1.92. The Labute approximate surface area is 81.9 Å². The van der Waals surface area contributed by atoms with Crippen molar-refractivity contribution in [2.24, 2.45) is 0 Å². The summed E-state index contributed by atoms with van der Waals surface area (Å²) in [6.07, 6.45) is 1.25. The van der Waals surface area contributed by atoms with Gasteiger partial charge in [-0.25, -0.2) is 0 Å². The average molecular weight is 183 g/mol. The minimum Gasteiger partial charge on any atom is -0.384 e. The van der Waals surface area contributed by atoms with Crippen molar-refractivity contribution in [3.8, 4) is 11.3 Å². The Morgan fingerprint density at radius 3 is 2.71 bits per heavy atom. The van der Waals surface area contributed by atoms with Gasteiger partial charge in [-0.1, -0.05) is 30.3 Å². The van der Waals surface area contributed by atoms with Crippen molar-refractivity contribution < 1.29 is 5.11 Å². The van der Waals surface area contributed by atoms with Crippen LogP contribution in [0.2, 0.25) is 0 Å². The first kappa shape index (κ1) is 7.71. The fourth-order valence-electron chi connectivity index (χ4n) is 1.98. The molecule has 2 nitrogen and oxygen atoms in total. The molecule has 0 bridgehead atoms. The van der Waals surface area contributed by atoms with Crippen LogP contribution in [0.15, 0.2) is 42.6 Å². The van der Waals surface area contributed by atoms with Gasteiger partial charge >= 0.3 is 0 Å². The highest BCUT2D eigenvalue weighted by molar-refractivity contribution is 5.74. The molecule has 0 unspecified atom stereocenters. The van der Waals surface area contributed by atoms with Crippen LogP contribution in [-0.2, 0) is 0 Å². The monoisotopic (exact) mass is 183 g/mol. The molecule has 0 aliphatic heterocycles. The minimum absolute atomic E-state index is 0.505. The van der Waals surface area contributed by atoms with Crippen LogP contribution in [-0.4, -0.2) is 10.1 Å². The van der Waals surface area contributed by atoms with E-state index in [1.165, 1.54) is 0 Å². The SMILES string of the molecule is O[C@H]1c2ccccc2-c2ncccc21. The molecule has 1 aliphatic carbocycles. The molecule has 68 valence electrons. The van der Waals surface area contributed by atoms with E-state index in [0.717, 1.165) is 22.4 Å². The summed E-state index contributed by atoms with van der Waals surface area (Å²) in [7, 11) is 0. The number of aliphatic hydroxyl groups excluding tert-OH is 1. The van der Waals surface area contributed by atoms with Crippen molar-refractivity contribution in [1.29, 1.82) is 0 Å². The Morgan fingerprint density at radius 1 is 1.00 bits per heavy atom. The summed E-state index contributed by atoms with van der Waals surface area (Å²) in [5, 5.41) is 9.99. The topological polar surface area (TPSA) is 33.1 Å². The molecule has 1 aromatic carbocycles. The fourth-order valence-corrected chi connectivity index (χ4v) is 1.98. The Morgan fingerprint density at radius 2 is 1.79 bits per heavy atom. The second kappa shape index (κ2) is 2.66. The number of fused-ring (bicyclic) bond motifs is 3. The van der Waals surface area contributed by atoms with Gasteiger partial charge in [0.25, 0.3) is 0 Å². The quantitative estimate of drug-likeness (QED) is 0.678. The largest absolute Gasteiger partial charge is 0.384 e. The van der Waals surface area contributed by atoms with Gasteiger partial charge in [0.05, 0.1) is 5.69 Å². The van der Waals surface area contributed by atoms with Crippen LogP contribution in [0.25, 0.3) is 11.3 Å². The smallest absolute Gasteiger partial charge is 0.107 e. The van der Waals surface area contributed by atoms with Crippen LogP contribution in [0.5, 0.6) is 0 Å². The summed E-state index contributed by atoms with van der Waals surface area (Å²) in [4.78, 5) is 4.29. The number of benzene rings is 1. The van der Waals surface area contributed by atoms with E-state index >= 15 is 0 Å². The van der Waals surface area contributed by atoms with Crippen LogP contribution in [0, 0.1) is 0 Å².